The second kappa shape index (κ2) is 9.42. The third kappa shape index (κ3) is 5.34. The molecule has 0 atom stereocenters. The molecule has 27 heavy (non-hydrogen) atoms. The van der Waals surface area contributed by atoms with Gasteiger partial charge in [-0.15, -0.1) is 0 Å². The number of amides is 1. The molecule has 2 aromatic rings. The molecular weight excluding hydrogens is 352 g/mol. The molecule has 144 valence electrons. The van der Waals surface area contributed by atoms with Crippen molar-refractivity contribution in [1.29, 1.82) is 0 Å². The monoisotopic (exact) mass is 374 g/mol. The number of non-ortho nitro benzene ring substituents is 1. The van der Waals surface area contributed by atoms with Crippen LogP contribution in [0.5, 0.6) is 17.2 Å². The largest absolute Gasteiger partial charge is 0.493 e. The van der Waals surface area contributed by atoms with Gasteiger partial charge in [0.15, 0.2) is 18.1 Å². The van der Waals surface area contributed by atoms with Crippen LogP contribution >= 0.6 is 0 Å². The number of rotatable bonds is 9. The fraction of sp³-hybridized carbons (Fsp3) is 0.316. The van der Waals surface area contributed by atoms with E-state index in [1.54, 1.807) is 31.3 Å². The summed E-state index contributed by atoms with van der Waals surface area (Å²) in [5.74, 6) is 1.26. The van der Waals surface area contributed by atoms with Crippen LogP contribution in [0, 0.1) is 10.1 Å². The van der Waals surface area contributed by atoms with E-state index in [9.17, 15) is 14.9 Å². The zero-order chi connectivity index (χ0) is 19.8. The lowest BCUT2D eigenvalue weighted by Gasteiger charge is -2.21. The molecule has 2 aromatic carbocycles. The van der Waals surface area contributed by atoms with Gasteiger partial charge >= 0.3 is 0 Å². The maximum absolute atomic E-state index is 12.5. The molecule has 8 heteroatoms. The van der Waals surface area contributed by atoms with Gasteiger partial charge in [0, 0.05) is 19.2 Å². The molecule has 0 bridgehead atoms. The Balaban J connectivity index is 2.01. The average molecular weight is 374 g/mol. The van der Waals surface area contributed by atoms with Crippen LogP contribution in [-0.2, 0) is 11.3 Å². The fourth-order valence-electron chi connectivity index (χ4n) is 2.50. The first-order valence-corrected chi connectivity index (χ1v) is 8.34. The van der Waals surface area contributed by atoms with Crippen molar-refractivity contribution < 1.29 is 23.9 Å². The number of ether oxygens (including phenoxy) is 3. The zero-order valence-electron chi connectivity index (χ0n) is 15.5. The van der Waals surface area contributed by atoms with E-state index in [1.807, 2.05) is 19.1 Å². The Hall–Kier alpha value is -3.29. The van der Waals surface area contributed by atoms with Crippen molar-refractivity contribution in [1.82, 2.24) is 4.90 Å². The number of nitro groups is 1. The molecule has 0 aromatic heterocycles. The minimum Gasteiger partial charge on any atom is -0.493 e. The molecule has 0 aliphatic rings. The number of nitrogens with zero attached hydrogens (tertiary/aromatic N) is 2. The summed E-state index contributed by atoms with van der Waals surface area (Å²) in [6.45, 7) is 2.54. The summed E-state index contributed by atoms with van der Waals surface area (Å²) in [4.78, 5) is 24.4. The predicted octanol–water partition coefficient (Wildman–Crippen LogP) is 3.04. The lowest BCUT2D eigenvalue weighted by molar-refractivity contribution is -0.384. The van der Waals surface area contributed by atoms with E-state index >= 15 is 0 Å². The molecule has 1 amide bonds. The highest BCUT2D eigenvalue weighted by Crippen LogP contribution is 2.28. The van der Waals surface area contributed by atoms with Gasteiger partial charge in [-0.3, -0.25) is 14.9 Å². The van der Waals surface area contributed by atoms with E-state index in [-0.39, 0.29) is 24.0 Å². The second-order valence-electron chi connectivity index (χ2n) is 5.64. The van der Waals surface area contributed by atoms with E-state index < -0.39 is 4.92 Å². The number of likely N-dealkylation sites (N-methyl/N-ethyl adjacent to an activating group) is 1. The standard InChI is InChI=1S/C19H22N2O6/c1-4-20(12-14-8-9-17(25-2)18(10-14)26-3)19(22)13-27-16-7-5-6-15(11-16)21(23)24/h5-11H,4,12-13H2,1-3H3. The first-order valence-electron chi connectivity index (χ1n) is 8.34. The number of nitro benzene ring substituents is 1. The number of benzene rings is 2. The SMILES string of the molecule is CCN(Cc1ccc(OC)c(OC)c1)C(=O)COc1cccc([N+](=O)[O-])c1. The number of carbonyl (C=O) groups is 1. The quantitative estimate of drug-likeness (QED) is 0.495. The van der Waals surface area contributed by atoms with Gasteiger partial charge in [-0.1, -0.05) is 12.1 Å². The van der Waals surface area contributed by atoms with Gasteiger partial charge in [-0.05, 0) is 30.7 Å². The van der Waals surface area contributed by atoms with Crippen LogP contribution in [0.4, 0.5) is 5.69 Å². The van der Waals surface area contributed by atoms with E-state index in [0.29, 0.717) is 24.6 Å². The maximum atomic E-state index is 12.5. The second-order valence-corrected chi connectivity index (χ2v) is 5.64. The molecule has 0 radical (unpaired) electrons. The Morgan fingerprint density at radius 2 is 1.85 bits per heavy atom. The van der Waals surface area contributed by atoms with Crippen LogP contribution in [0.3, 0.4) is 0 Å². The number of hydrogen-bond donors (Lipinski definition) is 0. The maximum Gasteiger partial charge on any atom is 0.273 e. The van der Waals surface area contributed by atoms with Crippen molar-refractivity contribution >= 4 is 11.6 Å². The predicted molar refractivity (Wildman–Crippen MR) is 99.2 cm³/mol. The number of carbonyl (C=O) groups excluding carboxylic acids is 1. The van der Waals surface area contributed by atoms with Crippen molar-refractivity contribution in [3.05, 3.63) is 58.1 Å². The third-order valence-corrected chi connectivity index (χ3v) is 3.95. The van der Waals surface area contributed by atoms with Crippen LogP contribution in [0.1, 0.15) is 12.5 Å². The Labute approximate surface area is 157 Å². The van der Waals surface area contributed by atoms with Gasteiger partial charge < -0.3 is 19.1 Å². The lowest BCUT2D eigenvalue weighted by Crippen LogP contribution is -2.34. The summed E-state index contributed by atoms with van der Waals surface area (Å²) in [5.41, 5.74) is 0.802. The van der Waals surface area contributed by atoms with Gasteiger partial charge in [0.1, 0.15) is 5.75 Å². The molecule has 0 spiro atoms. The Kier molecular flexibility index (Phi) is 6.99. The topological polar surface area (TPSA) is 91.1 Å². The minimum absolute atomic E-state index is 0.0855. The summed E-state index contributed by atoms with van der Waals surface area (Å²) < 4.78 is 15.9. The highest BCUT2D eigenvalue weighted by molar-refractivity contribution is 5.77. The smallest absolute Gasteiger partial charge is 0.273 e. The Bertz CT molecular complexity index is 809. The van der Waals surface area contributed by atoms with Crippen LogP contribution in [0.15, 0.2) is 42.5 Å². The average Bonchev–Trinajstić information content (AvgIpc) is 2.70. The van der Waals surface area contributed by atoms with Crippen molar-refractivity contribution in [2.75, 3.05) is 27.4 Å². The minimum atomic E-state index is -0.510. The summed E-state index contributed by atoms with van der Waals surface area (Å²) in [7, 11) is 3.11. The Morgan fingerprint density at radius 1 is 1.11 bits per heavy atom. The van der Waals surface area contributed by atoms with Crippen molar-refractivity contribution in [2.45, 2.75) is 13.5 Å². The number of hydrogen-bond acceptors (Lipinski definition) is 6. The van der Waals surface area contributed by atoms with Gasteiger partial charge in [-0.25, -0.2) is 0 Å². The molecule has 0 fully saturated rings. The molecular formula is C19H22N2O6. The van der Waals surface area contributed by atoms with Gasteiger partial charge in [0.25, 0.3) is 11.6 Å². The molecule has 0 saturated heterocycles. The molecule has 0 heterocycles. The van der Waals surface area contributed by atoms with Gasteiger partial charge in [0.2, 0.25) is 0 Å². The van der Waals surface area contributed by atoms with Crippen LogP contribution in [0.25, 0.3) is 0 Å². The summed E-state index contributed by atoms with van der Waals surface area (Å²) in [6, 6.07) is 11.2. The van der Waals surface area contributed by atoms with E-state index in [0.717, 1.165) is 5.56 Å². The van der Waals surface area contributed by atoms with Crippen LogP contribution < -0.4 is 14.2 Å². The van der Waals surface area contributed by atoms with Crippen LogP contribution in [-0.4, -0.2) is 43.1 Å². The molecule has 8 nitrogen and oxygen atoms in total. The van der Waals surface area contributed by atoms with Crippen molar-refractivity contribution in [3.63, 3.8) is 0 Å². The third-order valence-electron chi connectivity index (χ3n) is 3.95. The Morgan fingerprint density at radius 3 is 2.48 bits per heavy atom. The lowest BCUT2D eigenvalue weighted by atomic mass is 10.2. The summed E-state index contributed by atoms with van der Waals surface area (Å²) >= 11 is 0. The first kappa shape index (κ1) is 20.0. The van der Waals surface area contributed by atoms with E-state index in [2.05, 4.69) is 0 Å². The van der Waals surface area contributed by atoms with Gasteiger partial charge in [0.05, 0.1) is 25.2 Å². The highest BCUT2D eigenvalue weighted by Gasteiger charge is 2.15. The zero-order valence-corrected chi connectivity index (χ0v) is 15.5. The normalized spacial score (nSPS) is 10.2. The molecule has 0 saturated carbocycles. The molecule has 0 unspecified atom stereocenters. The highest BCUT2D eigenvalue weighted by atomic mass is 16.6. The fourth-order valence-corrected chi connectivity index (χ4v) is 2.50. The number of methoxy groups -OCH3 is 2. The first-order chi connectivity index (χ1) is 13.0. The molecule has 0 aliphatic heterocycles. The summed E-state index contributed by atoms with van der Waals surface area (Å²) in [5, 5.41) is 10.8. The van der Waals surface area contributed by atoms with Crippen molar-refractivity contribution in [3.8, 4) is 17.2 Å². The molecule has 0 N–H and O–H groups in total. The van der Waals surface area contributed by atoms with Crippen molar-refractivity contribution in [2.24, 2.45) is 0 Å². The molecule has 0 aliphatic carbocycles. The van der Waals surface area contributed by atoms with Crippen LogP contribution in [0.2, 0.25) is 0 Å². The summed E-state index contributed by atoms with van der Waals surface area (Å²) in [6.07, 6.45) is 0. The van der Waals surface area contributed by atoms with E-state index in [4.69, 9.17) is 14.2 Å². The molecule has 2 rings (SSSR count). The van der Waals surface area contributed by atoms with Gasteiger partial charge in [-0.2, -0.15) is 0 Å². The van der Waals surface area contributed by atoms with E-state index in [1.165, 1.54) is 18.2 Å².